The molecule has 0 spiro atoms. The molecule has 0 saturated carbocycles. The molecule has 0 bridgehead atoms. The van der Waals surface area contributed by atoms with Crippen LogP contribution in [0, 0.1) is 0 Å². The fraction of sp³-hybridized carbons (Fsp3) is 0.235. The van der Waals surface area contributed by atoms with E-state index in [0.717, 1.165) is 25.2 Å². The summed E-state index contributed by atoms with van der Waals surface area (Å²) in [6.45, 7) is 3.52. The van der Waals surface area contributed by atoms with Gasteiger partial charge in [0.15, 0.2) is 0 Å². The van der Waals surface area contributed by atoms with E-state index in [0.29, 0.717) is 0 Å². The number of carbonyl (C=O) groups is 1. The predicted octanol–water partition coefficient (Wildman–Crippen LogP) is 3.21. The first-order chi connectivity index (χ1) is 9.72. The molecule has 2 aromatic carbocycles. The van der Waals surface area contributed by atoms with E-state index in [2.05, 4.69) is 46.6 Å². The lowest BCUT2D eigenvalue weighted by Gasteiger charge is -2.30. The normalized spacial score (nSPS) is 13.8. The van der Waals surface area contributed by atoms with Gasteiger partial charge >= 0.3 is 0 Å². The van der Waals surface area contributed by atoms with Crippen molar-refractivity contribution in [2.75, 3.05) is 16.8 Å². The molecule has 1 aliphatic rings. The van der Waals surface area contributed by atoms with Crippen molar-refractivity contribution in [1.29, 1.82) is 0 Å². The van der Waals surface area contributed by atoms with E-state index in [1.807, 2.05) is 12.1 Å². The molecule has 3 nitrogen and oxygen atoms in total. The summed E-state index contributed by atoms with van der Waals surface area (Å²) >= 11 is 0. The van der Waals surface area contributed by atoms with Gasteiger partial charge in [0.05, 0.1) is 0 Å². The summed E-state index contributed by atoms with van der Waals surface area (Å²) < 4.78 is 0. The molecular formula is C17H18N2O. The lowest BCUT2D eigenvalue weighted by molar-refractivity contribution is -0.114. The van der Waals surface area contributed by atoms with E-state index >= 15 is 0 Å². The van der Waals surface area contributed by atoms with Gasteiger partial charge in [0.25, 0.3) is 0 Å². The highest BCUT2D eigenvalue weighted by Crippen LogP contribution is 2.25. The Labute approximate surface area is 119 Å². The lowest BCUT2D eigenvalue weighted by Crippen LogP contribution is -2.30. The van der Waals surface area contributed by atoms with Gasteiger partial charge in [-0.25, -0.2) is 0 Å². The summed E-state index contributed by atoms with van der Waals surface area (Å²) in [6.07, 6.45) is 1.09. The summed E-state index contributed by atoms with van der Waals surface area (Å²) in [4.78, 5) is 13.4. The van der Waals surface area contributed by atoms with E-state index < -0.39 is 0 Å². The molecule has 0 saturated heterocycles. The molecule has 1 heterocycles. The molecule has 0 aromatic heterocycles. The highest BCUT2D eigenvalue weighted by molar-refractivity contribution is 5.88. The third-order valence-corrected chi connectivity index (χ3v) is 3.68. The van der Waals surface area contributed by atoms with Crippen molar-refractivity contribution in [3.63, 3.8) is 0 Å². The van der Waals surface area contributed by atoms with Gasteiger partial charge < -0.3 is 10.2 Å². The Hall–Kier alpha value is -2.29. The van der Waals surface area contributed by atoms with Gasteiger partial charge in [-0.05, 0) is 41.8 Å². The van der Waals surface area contributed by atoms with E-state index in [9.17, 15) is 4.79 Å². The maximum absolute atomic E-state index is 11.0. The number of benzene rings is 2. The van der Waals surface area contributed by atoms with Crippen molar-refractivity contribution in [3.8, 4) is 0 Å². The van der Waals surface area contributed by atoms with Crippen molar-refractivity contribution in [2.24, 2.45) is 0 Å². The van der Waals surface area contributed by atoms with Gasteiger partial charge in [-0.1, -0.05) is 24.3 Å². The number of nitrogens with zero attached hydrogens (tertiary/aromatic N) is 1. The molecule has 0 aliphatic carbocycles. The molecule has 0 fully saturated rings. The molecule has 3 rings (SSSR count). The van der Waals surface area contributed by atoms with Crippen molar-refractivity contribution in [3.05, 3.63) is 59.7 Å². The molecule has 1 N–H and O–H groups in total. The monoisotopic (exact) mass is 266 g/mol. The Morgan fingerprint density at radius 3 is 2.45 bits per heavy atom. The Kier molecular flexibility index (Phi) is 3.42. The van der Waals surface area contributed by atoms with Crippen molar-refractivity contribution in [1.82, 2.24) is 0 Å². The zero-order chi connectivity index (χ0) is 13.9. The number of hydrogen-bond donors (Lipinski definition) is 1. The summed E-state index contributed by atoms with van der Waals surface area (Å²) in [5, 5.41) is 2.79. The van der Waals surface area contributed by atoms with E-state index in [1.54, 1.807) is 0 Å². The second-order valence-electron chi connectivity index (χ2n) is 5.17. The number of carbonyl (C=O) groups excluding carboxylic acids is 1. The lowest BCUT2D eigenvalue weighted by atomic mass is 9.99. The van der Waals surface area contributed by atoms with Crippen LogP contribution in [0.5, 0.6) is 0 Å². The fourth-order valence-electron chi connectivity index (χ4n) is 2.67. The SMILES string of the molecule is CC(=O)Nc1ccc(N2CCc3ccccc3C2)cc1. The minimum Gasteiger partial charge on any atom is -0.367 e. The van der Waals surface area contributed by atoms with Crippen LogP contribution in [0.2, 0.25) is 0 Å². The van der Waals surface area contributed by atoms with Crippen LogP contribution in [0.25, 0.3) is 0 Å². The maximum atomic E-state index is 11.0. The zero-order valence-corrected chi connectivity index (χ0v) is 11.6. The first-order valence-corrected chi connectivity index (χ1v) is 6.92. The van der Waals surface area contributed by atoms with Crippen LogP contribution in [-0.4, -0.2) is 12.5 Å². The van der Waals surface area contributed by atoms with Gasteiger partial charge in [-0.2, -0.15) is 0 Å². The maximum Gasteiger partial charge on any atom is 0.221 e. The van der Waals surface area contributed by atoms with Gasteiger partial charge in [-0.15, -0.1) is 0 Å². The van der Waals surface area contributed by atoms with Gasteiger partial charge in [0.1, 0.15) is 0 Å². The van der Waals surface area contributed by atoms with Gasteiger partial charge in [0, 0.05) is 31.4 Å². The molecule has 3 heteroatoms. The Morgan fingerprint density at radius 2 is 1.75 bits per heavy atom. The average Bonchev–Trinajstić information content (AvgIpc) is 2.47. The van der Waals surface area contributed by atoms with Crippen LogP contribution in [0.4, 0.5) is 11.4 Å². The minimum absolute atomic E-state index is 0.0374. The number of hydrogen-bond acceptors (Lipinski definition) is 2. The molecular weight excluding hydrogens is 248 g/mol. The molecule has 0 atom stereocenters. The quantitative estimate of drug-likeness (QED) is 0.905. The summed E-state index contributed by atoms with van der Waals surface area (Å²) in [5.74, 6) is -0.0374. The zero-order valence-electron chi connectivity index (χ0n) is 11.6. The van der Waals surface area contributed by atoms with E-state index in [1.165, 1.54) is 23.7 Å². The molecule has 20 heavy (non-hydrogen) atoms. The number of anilines is 2. The molecule has 1 aliphatic heterocycles. The van der Waals surface area contributed by atoms with E-state index in [4.69, 9.17) is 0 Å². The van der Waals surface area contributed by atoms with Crippen LogP contribution in [0.1, 0.15) is 18.1 Å². The number of nitrogens with one attached hydrogen (secondary N) is 1. The number of amides is 1. The van der Waals surface area contributed by atoms with E-state index in [-0.39, 0.29) is 5.91 Å². The number of fused-ring (bicyclic) bond motifs is 1. The second-order valence-corrected chi connectivity index (χ2v) is 5.17. The fourth-order valence-corrected chi connectivity index (χ4v) is 2.67. The standard InChI is InChI=1S/C17H18N2O/c1-13(20)18-16-6-8-17(9-7-16)19-11-10-14-4-2-3-5-15(14)12-19/h2-9H,10-12H2,1H3,(H,18,20). The van der Waals surface area contributed by atoms with Gasteiger partial charge in [0.2, 0.25) is 5.91 Å². The molecule has 0 radical (unpaired) electrons. The van der Waals surface area contributed by atoms with Crippen LogP contribution in [-0.2, 0) is 17.8 Å². The van der Waals surface area contributed by atoms with Crippen molar-refractivity contribution >= 4 is 17.3 Å². The average molecular weight is 266 g/mol. The largest absolute Gasteiger partial charge is 0.367 e. The molecule has 2 aromatic rings. The van der Waals surface area contributed by atoms with Crippen LogP contribution < -0.4 is 10.2 Å². The van der Waals surface area contributed by atoms with Crippen molar-refractivity contribution < 1.29 is 4.79 Å². The Balaban J connectivity index is 1.76. The third kappa shape index (κ3) is 2.67. The summed E-state index contributed by atoms with van der Waals surface area (Å²) in [5.41, 5.74) is 4.91. The summed E-state index contributed by atoms with van der Waals surface area (Å²) in [6, 6.07) is 16.7. The molecule has 0 unspecified atom stereocenters. The Bertz CT molecular complexity index is 619. The first-order valence-electron chi connectivity index (χ1n) is 6.92. The molecule has 1 amide bonds. The number of rotatable bonds is 2. The van der Waals surface area contributed by atoms with Crippen LogP contribution >= 0.6 is 0 Å². The highest BCUT2D eigenvalue weighted by Gasteiger charge is 2.15. The predicted molar refractivity (Wildman–Crippen MR) is 81.9 cm³/mol. The minimum atomic E-state index is -0.0374. The third-order valence-electron chi connectivity index (χ3n) is 3.68. The summed E-state index contributed by atoms with van der Waals surface area (Å²) in [7, 11) is 0. The Morgan fingerprint density at radius 1 is 1.05 bits per heavy atom. The topological polar surface area (TPSA) is 32.3 Å². The molecule has 102 valence electrons. The van der Waals surface area contributed by atoms with Crippen LogP contribution in [0.15, 0.2) is 48.5 Å². The second kappa shape index (κ2) is 5.37. The van der Waals surface area contributed by atoms with Gasteiger partial charge in [-0.3, -0.25) is 4.79 Å². The smallest absolute Gasteiger partial charge is 0.221 e. The van der Waals surface area contributed by atoms with Crippen LogP contribution in [0.3, 0.4) is 0 Å². The highest BCUT2D eigenvalue weighted by atomic mass is 16.1. The first kappa shape index (κ1) is 12.7. The van der Waals surface area contributed by atoms with Crippen molar-refractivity contribution in [2.45, 2.75) is 19.9 Å².